The Kier molecular flexibility index (Phi) is 5.30. The number of carbonyl (C=O) groups excluding carboxylic acids is 2. The van der Waals surface area contributed by atoms with Crippen molar-refractivity contribution in [3.63, 3.8) is 0 Å². The molecule has 0 N–H and O–H groups in total. The number of halogens is 1. The SMILES string of the molecule is COC(=O)C(C)CN(C)C(=O)c1cc(C)nc(Cl)c1. The number of hydrogen-bond acceptors (Lipinski definition) is 4. The number of ether oxygens (including phenoxy) is 1. The van der Waals surface area contributed by atoms with Crippen LogP contribution in [0, 0.1) is 12.8 Å². The van der Waals surface area contributed by atoms with Crippen LogP contribution in [-0.2, 0) is 9.53 Å². The molecule has 0 saturated heterocycles. The molecule has 0 aliphatic rings. The molecule has 0 aromatic carbocycles. The first-order valence-corrected chi connectivity index (χ1v) is 6.20. The summed E-state index contributed by atoms with van der Waals surface area (Å²) in [5.41, 5.74) is 1.13. The summed E-state index contributed by atoms with van der Waals surface area (Å²) in [7, 11) is 2.96. The van der Waals surface area contributed by atoms with Gasteiger partial charge in [-0.2, -0.15) is 0 Å². The van der Waals surface area contributed by atoms with Crippen molar-refractivity contribution in [2.75, 3.05) is 20.7 Å². The summed E-state index contributed by atoms with van der Waals surface area (Å²) in [5.74, 6) is -0.927. The zero-order chi connectivity index (χ0) is 14.6. The van der Waals surface area contributed by atoms with Crippen LogP contribution in [0.2, 0.25) is 5.15 Å². The van der Waals surface area contributed by atoms with E-state index in [2.05, 4.69) is 9.72 Å². The van der Waals surface area contributed by atoms with Gasteiger partial charge >= 0.3 is 5.97 Å². The van der Waals surface area contributed by atoms with Gasteiger partial charge in [0.15, 0.2) is 0 Å². The predicted octanol–water partition coefficient (Wildman–Crippen LogP) is 1.92. The summed E-state index contributed by atoms with van der Waals surface area (Å²) in [5, 5.41) is 0.276. The van der Waals surface area contributed by atoms with Gasteiger partial charge in [-0.3, -0.25) is 9.59 Å². The number of pyridine rings is 1. The molecule has 0 fully saturated rings. The molecule has 1 aromatic rings. The minimum absolute atomic E-state index is 0.205. The second-order valence-electron chi connectivity index (χ2n) is 4.43. The zero-order valence-corrected chi connectivity index (χ0v) is 12.2. The van der Waals surface area contributed by atoms with Crippen LogP contribution in [0.3, 0.4) is 0 Å². The van der Waals surface area contributed by atoms with E-state index in [4.69, 9.17) is 11.6 Å². The summed E-state index contributed by atoms with van der Waals surface area (Å²) < 4.78 is 4.63. The number of rotatable bonds is 4. The largest absolute Gasteiger partial charge is 0.469 e. The molecule has 0 spiro atoms. The lowest BCUT2D eigenvalue weighted by Gasteiger charge is -2.20. The Hall–Kier alpha value is -1.62. The van der Waals surface area contributed by atoms with Crippen molar-refractivity contribution in [2.24, 2.45) is 5.92 Å². The normalized spacial score (nSPS) is 11.8. The summed E-state index contributed by atoms with van der Waals surface area (Å²) in [6.07, 6.45) is 0. The van der Waals surface area contributed by atoms with Gasteiger partial charge < -0.3 is 9.64 Å². The Morgan fingerprint density at radius 2 is 2.11 bits per heavy atom. The second-order valence-corrected chi connectivity index (χ2v) is 4.82. The standard InChI is InChI=1S/C13H17ClN2O3/c1-8(13(18)19-4)7-16(3)12(17)10-5-9(2)15-11(14)6-10/h5-6,8H,7H2,1-4H3. The average molecular weight is 285 g/mol. The molecule has 0 bridgehead atoms. The van der Waals surface area contributed by atoms with Crippen LogP contribution in [0.25, 0.3) is 0 Å². The molecule has 1 aromatic heterocycles. The molecule has 1 unspecified atom stereocenters. The monoisotopic (exact) mass is 284 g/mol. The maximum Gasteiger partial charge on any atom is 0.310 e. The van der Waals surface area contributed by atoms with E-state index >= 15 is 0 Å². The molecule has 1 atom stereocenters. The quantitative estimate of drug-likeness (QED) is 0.626. The number of methoxy groups -OCH3 is 1. The molecular formula is C13H17ClN2O3. The topological polar surface area (TPSA) is 59.5 Å². The Balaban J connectivity index is 2.79. The van der Waals surface area contributed by atoms with Gasteiger partial charge in [-0.05, 0) is 19.1 Å². The number of aromatic nitrogens is 1. The highest BCUT2D eigenvalue weighted by atomic mass is 35.5. The van der Waals surface area contributed by atoms with Gasteiger partial charge in [0.1, 0.15) is 5.15 Å². The molecule has 104 valence electrons. The molecule has 0 aliphatic carbocycles. The molecule has 1 heterocycles. The summed E-state index contributed by atoms with van der Waals surface area (Å²) in [4.78, 5) is 29.0. The fraction of sp³-hybridized carbons (Fsp3) is 0.462. The molecule has 0 saturated carbocycles. The van der Waals surface area contributed by atoms with Crippen molar-refractivity contribution in [1.82, 2.24) is 9.88 Å². The maximum atomic E-state index is 12.2. The molecule has 5 nitrogen and oxygen atoms in total. The molecule has 0 aliphatic heterocycles. The number of amides is 1. The lowest BCUT2D eigenvalue weighted by Crippen LogP contribution is -2.34. The lowest BCUT2D eigenvalue weighted by atomic mass is 10.1. The Bertz CT molecular complexity index is 471. The summed E-state index contributed by atoms with van der Waals surface area (Å²) in [6, 6.07) is 3.17. The first-order chi connectivity index (χ1) is 8.85. The van der Waals surface area contributed by atoms with E-state index in [1.165, 1.54) is 18.1 Å². The number of carbonyl (C=O) groups is 2. The van der Waals surface area contributed by atoms with Crippen LogP contribution in [0.4, 0.5) is 0 Å². The van der Waals surface area contributed by atoms with E-state index in [1.54, 1.807) is 27.0 Å². The first kappa shape index (κ1) is 15.4. The highest BCUT2D eigenvalue weighted by Crippen LogP contribution is 2.13. The fourth-order valence-electron chi connectivity index (χ4n) is 1.74. The minimum atomic E-state index is -0.377. The van der Waals surface area contributed by atoms with Gasteiger partial charge in [0.2, 0.25) is 0 Å². The molecule has 0 radical (unpaired) electrons. The van der Waals surface area contributed by atoms with Crippen LogP contribution in [-0.4, -0.2) is 42.5 Å². The van der Waals surface area contributed by atoms with E-state index in [0.29, 0.717) is 11.3 Å². The van der Waals surface area contributed by atoms with Crippen LogP contribution >= 0.6 is 11.6 Å². The highest BCUT2D eigenvalue weighted by molar-refractivity contribution is 6.29. The highest BCUT2D eigenvalue weighted by Gasteiger charge is 2.20. The van der Waals surface area contributed by atoms with Crippen molar-refractivity contribution < 1.29 is 14.3 Å². The summed E-state index contributed by atoms with van der Waals surface area (Å²) >= 11 is 5.82. The predicted molar refractivity (Wildman–Crippen MR) is 72.1 cm³/mol. The van der Waals surface area contributed by atoms with Crippen molar-refractivity contribution >= 4 is 23.5 Å². The van der Waals surface area contributed by atoms with Crippen molar-refractivity contribution in [2.45, 2.75) is 13.8 Å². The van der Waals surface area contributed by atoms with E-state index in [-0.39, 0.29) is 29.5 Å². The smallest absolute Gasteiger partial charge is 0.310 e. The van der Waals surface area contributed by atoms with Gasteiger partial charge in [-0.15, -0.1) is 0 Å². The molecular weight excluding hydrogens is 268 g/mol. The Morgan fingerprint density at radius 1 is 1.47 bits per heavy atom. The zero-order valence-electron chi connectivity index (χ0n) is 11.4. The molecule has 1 amide bonds. The van der Waals surface area contributed by atoms with Gasteiger partial charge in [-0.25, -0.2) is 4.98 Å². The molecule has 6 heteroatoms. The van der Waals surface area contributed by atoms with E-state index in [1.807, 2.05) is 0 Å². The van der Waals surface area contributed by atoms with Gasteiger partial charge in [0.25, 0.3) is 5.91 Å². The van der Waals surface area contributed by atoms with E-state index in [9.17, 15) is 9.59 Å². The van der Waals surface area contributed by atoms with Crippen LogP contribution < -0.4 is 0 Å². The number of hydrogen-bond donors (Lipinski definition) is 0. The van der Waals surface area contributed by atoms with E-state index in [0.717, 1.165) is 0 Å². The van der Waals surface area contributed by atoms with Crippen molar-refractivity contribution in [3.05, 3.63) is 28.5 Å². The Morgan fingerprint density at radius 3 is 2.63 bits per heavy atom. The maximum absolute atomic E-state index is 12.2. The third kappa shape index (κ3) is 4.21. The Labute approximate surface area is 117 Å². The molecule has 19 heavy (non-hydrogen) atoms. The van der Waals surface area contributed by atoms with E-state index < -0.39 is 0 Å². The average Bonchev–Trinajstić information content (AvgIpc) is 2.35. The van der Waals surface area contributed by atoms with Crippen LogP contribution in [0.1, 0.15) is 23.0 Å². The van der Waals surface area contributed by atoms with Gasteiger partial charge in [0, 0.05) is 24.8 Å². The van der Waals surface area contributed by atoms with Crippen molar-refractivity contribution in [1.29, 1.82) is 0 Å². The van der Waals surface area contributed by atoms with Crippen LogP contribution in [0.5, 0.6) is 0 Å². The number of esters is 1. The van der Waals surface area contributed by atoms with Gasteiger partial charge in [0.05, 0.1) is 13.0 Å². The van der Waals surface area contributed by atoms with Crippen LogP contribution in [0.15, 0.2) is 12.1 Å². The minimum Gasteiger partial charge on any atom is -0.469 e. The second kappa shape index (κ2) is 6.52. The third-order valence-corrected chi connectivity index (χ3v) is 2.86. The van der Waals surface area contributed by atoms with Gasteiger partial charge in [-0.1, -0.05) is 18.5 Å². The number of nitrogens with zero attached hydrogens (tertiary/aromatic N) is 2. The van der Waals surface area contributed by atoms with Crippen molar-refractivity contribution in [3.8, 4) is 0 Å². The third-order valence-electron chi connectivity index (χ3n) is 2.67. The fourth-order valence-corrected chi connectivity index (χ4v) is 1.99. The molecule has 1 rings (SSSR count). The lowest BCUT2D eigenvalue weighted by molar-refractivity contribution is -0.145. The summed E-state index contributed by atoms with van der Waals surface area (Å²) in [6.45, 7) is 3.75. The number of aryl methyl sites for hydroxylation is 1. The first-order valence-electron chi connectivity index (χ1n) is 5.82.